The molecule has 4 aromatic rings. The van der Waals surface area contributed by atoms with Crippen molar-refractivity contribution in [1.82, 2.24) is 0 Å². The molecule has 33 heavy (non-hydrogen) atoms. The maximum Gasteiger partial charge on any atom is 0.132 e. The lowest BCUT2D eigenvalue weighted by atomic mass is 10.0. The zero-order chi connectivity index (χ0) is 23.2. The fraction of sp³-hybridized carbons (Fsp3) is 0.0667. The van der Waals surface area contributed by atoms with Gasteiger partial charge in [0.25, 0.3) is 0 Å². The van der Waals surface area contributed by atoms with Gasteiger partial charge in [0.1, 0.15) is 11.5 Å². The van der Waals surface area contributed by atoms with Crippen molar-refractivity contribution in [3.05, 3.63) is 140 Å². The van der Waals surface area contributed by atoms with Crippen LogP contribution in [-0.2, 0) is 12.8 Å². The molecule has 0 fully saturated rings. The highest BCUT2D eigenvalue weighted by atomic mass is 79.9. The maximum absolute atomic E-state index is 6.62. The number of benzene rings is 4. The average Bonchev–Trinajstić information content (AvgIpc) is 2.85. The van der Waals surface area contributed by atoms with E-state index in [2.05, 4.69) is 93.5 Å². The van der Waals surface area contributed by atoms with Crippen molar-refractivity contribution in [3.63, 3.8) is 0 Å². The van der Waals surface area contributed by atoms with Crippen molar-refractivity contribution in [2.45, 2.75) is 12.8 Å². The summed E-state index contributed by atoms with van der Waals surface area (Å²) in [5.74, 6) is 1.65. The molecule has 0 N–H and O–H groups in total. The van der Waals surface area contributed by atoms with Crippen molar-refractivity contribution in [3.8, 4) is 11.5 Å². The van der Waals surface area contributed by atoms with Crippen LogP contribution in [0.25, 0.3) is 12.2 Å². The first-order valence-corrected chi connectivity index (χ1v) is 12.3. The normalized spacial score (nSPS) is 10.6. The standard InChI is InChI=1S/C30H24Br2O/c1-3-23-15-17-27(25(29(23)31)19-21-11-7-5-8-12-21)33-28-18-16-24(4-2)30(32)26(28)20-22-13-9-6-10-14-22/h3-18H,1-2,19-20H2. The van der Waals surface area contributed by atoms with Crippen LogP contribution >= 0.6 is 31.9 Å². The molecule has 0 aliphatic rings. The monoisotopic (exact) mass is 558 g/mol. The van der Waals surface area contributed by atoms with Gasteiger partial charge in [0.05, 0.1) is 0 Å². The summed E-state index contributed by atoms with van der Waals surface area (Å²) in [6, 6.07) is 29.0. The molecule has 4 rings (SSSR count). The Morgan fingerprint density at radius 3 is 1.33 bits per heavy atom. The minimum Gasteiger partial charge on any atom is -0.457 e. The van der Waals surface area contributed by atoms with Crippen LogP contribution in [0, 0.1) is 0 Å². The maximum atomic E-state index is 6.62. The third-order valence-corrected chi connectivity index (χ3v) is 7.44. The fourth-order valence-corrected chi connectivity index (χ4v) is 5.06. The molecule has 0 heterocycles. The Bertz CT molecular complexity index is 1180. The largest absolute Gasteiger partial charge is 0.457 e. The van der Waals surface area contributed by atoms with E-state index < -0.39 is 0 Å². The van der Waals surface area contributed by atoms with Gasteiger partial charge < -0.3 is 4.74 Å². The lowest BCUT2D eigenvalue weighted by Crippen LogP contribution is -2.00. The molecular weight excluding hydrogens is 536 g/mol. The number of ether oxygens (including phenoxy) is 1. The van der Waals surface area contributed by atoms with Crippen LogP contribution in [0.4, 0.5) is 0 Å². The molecule has 0 saturated carbocycles. The number of rotatable bonds is 8. The zero-order valence-corrected chi connectivity index (χ0v) is 21.4. The second kappa shape index (κ2) is 10.8. The Morgan fingerprint density at radius 1 is 0.576 bits per heavy atom. The van der Waals surface area contributed by atoms with Gasteiger partial charge in [-0.05, 0) is 66.2 Å². The zero-order valence-electron chi connectivity index (χ0n) is 18.2. The SMILES string of the molecule is C=Cc1ccc(Oc2ccc(C=C)c(Br)c2Cc2ccccc2)c(Cc2ccccc2)c1Br. The van der Waals surface area contributed by atoms with E-state index in [0.717, 1.165) is 55.5 Å². The van der Waals surface area contributed by atoms with Gasteiger partial charge in [-0.2, -0.15) is 0 Å². The molecule has 0 amide bonds. The summed E-state index contributed by atoms with van der Waals surface area (Å²) in [6.45, 7) is 7.92. The summed E-state index contributed by atoms with van der Waals surface area (Å²) in [5.41, 5.74) is 6.71. The van der Waals surface area contributed by atoms with Crippen LogP contribution in [0.3, 0.4) is 0 Å². The van der Waals surface area contributed by atoms with Crippen LogP contribution in [0.15, 0.2) is 107 Å². The number of hydrogen-bond acceptors (Lipinski definition) is 1. The molecule has 0 unspecified atom stereocenters. The minimum atomic E-state index is 0.748. The molecule has 0 saturated heterocycles. The van der Waals surface area contributed by atoms with Crippen molar-refractivity contribution >= 4 is 44.0 Å². The predicted molar refractivity (Wildman–Crippen MR) is 147 cm³/mol. The lowest BCUT2D eigenvalue weighted by Gasteiger charge is -2.19. The minimum absolute atomic E-state index is 0.748. The van der Waals surface area contributed by atoms with Gasteiger partial charge in [-0.25, -0.2) is 0 Å². The van der Waals surface area contributed by atoms with E-state index in [1.165, 1.54) is 11.1 Å². The summed E-state index contributed by atoms with van der Waals surface area (Å²) < 4.78 is 8.63. The quantitative estimate of drug-likeness (QED) is 0.209. The Hall–Kier alpha value is -2.88. The van der Waals surface area contributed by atoms with E-state index in [-0.39, 0.29) is 0 Å². The summed E-state index contributed by atoms with van der Waals surface area (Å²) in [5, 5.41) is 0. The first kappa shape index (κ1) is 23.3. The first-order valence-electron chi connectivity index (χ1n) is 10.7. The third-order valence-electron chi connectivity index (χ3n) is 5.57. The Balaban J connectivity index is 1.78. The van der Waals surface area contributed by atoms with Crippen LogP contribution in [0.1, 0.15) is 33.4 Å². The Kier molecular flexibility index (Phi) is 7.64. The van der Waals surface area contributed by atoms with Gasteiger partial charge >= 0.3 is 0 Å². The highest BCUT2D eigenvalue weighted by Crippen LogP contribution is 2.39. The summed E-state index contributed by atoms with van der Waals surface area (Å²) in [4.78, 5) is 0. The molecule has 0 aliphatic heterocycles. The first-order chi connectivity index (χ1) is 16.1. The highest BCUT2D eigenvalue weighted by molar-refractivity contribution is 9.11. The van der Waals surface area contributed by atoms with Gasteiger partial charge in [0.15, 0.2) is 0 Å². The van der Waals surface area contributed by atoms with E-state index in [1.54, 1.807) is 0 Å². The van der Waals surface area contributed by atoms with Crippen molar-refractivity contribution in [1.29, 1.82) is 0 Å². The molecular formula is C30H24Br2O. The molecule has 1 nitrogen and oxygen atoms in total. The molecule has 3 heteroatoms. The number of hydrogen-bond donors (Lipinski definition) is 0. The molecule has 0 aliphatic carbocycles. The van der Waals surface area contributed by atoms with E-state index >= 15 is 0 Å². The topological polar surface area (TPSA) is 9.23 Å². The molecule has 4 aromatic carbocycles. The van der Waals surface area contributed by atoms with E-state index in [9.17, 15) is 0 Å². The van der Waals surface area contributed by atoms with Crippen molar-refractivity contribution in [2.75, 3.05) is 0 Å². The second-order valence-corrected chi connectivity index (χ2v) is 9.31. The van der Waals surface area contributed by atoms with Gasteiger partial charge in [0, 0.05) is 32.9 Å². The Morgan fingerprint density at radius 2 is 0.970 bits per heavy atom. The lowest BCUT2D eigenvalue weighted by molar-refractivity contribution is 0.471. The number of halogens is 2. The average molecular weight is 560 g/mol. The third kappa shape index (κ3) is 5.38. The van der Waals surface area contributed by atoms with Crippen molar-refractivity contribution in [2.24, 2.45) is 0 Å². The highest BCUT2D eigenvalue weighted by Gasteiger charge is 2.17. The summed E-state index contributed by atoms with van der Waals surface area (Å²) in [7, 11) is 0. The van der Waals surface area contributed by atoms with E-state index in [0.29, 0.717) is 0 Å². The van der Waals surface area contributed by atoms with Crippen LogP contribution < -0.4 is 4.74 Å². The van der Waals surface area contributed by atoms with Gasteiger partial charge in [-0.1, -0.05) is 98.1 Å². The van der Waals surface area contributed by atoms with E-state index in [1.807, 2.05) is 48.6 Å². The molecule has 0 radical (unpaired) electrons. The molecule has 164 valence electrons. The molecule has 0 aromatic heterocycles. The van der Waals surface area contributed by atoms with Crippen LogP contribution in [0.5, 0.6) is 11.5 Å². The smallest absolute Gasteiger partial charge is 0.132 e. The van der Waals surface area contributed by atoms with Gasteiger partial charge in [-0.3, -0.25) is 0 Å². The van der Waals surface area contributed by atoms with Crippen LogP contribution in [-0.4, -0.2) is 0 Å². The molecule has 0 spiro atoms. The summed E-state index contributed by atoms with van der Waals surface area (Å²) in [6.07, 6.45) is 5.22. The summed E-state index contributed by atoms with van der Waals surface area (Å²) >= 11 is 7.60. The van der Waals surface area contributed by atoms with Crippen molar-refractivity contribution < 1.29 is 4.74 Å². The predicted octanol–water partition coefficient (Wildman–Crippen LogP) is 9.47. The molecule has 0 atom stereocenters. The second-order valence-electron chi connectivity index (χ2n) is 7.73. The van der Waals surface area contributed by atoms with E-state index in [4.69, 9.17) is 4.74 Å². The Labute approximate surface area is 212 Å². The van der Waals surface area contributed by atoms with Gasteiger partial charge in [0.2, 0.25) is 0 Å². The fourth-order valence-electron chi connectivity index (χ4n) is 3.80. The molecule has 0 bridgehead atoms. The van der Waals surface area contributed by atoms with Gasteiger partial charge in [-0.15, -0.1) is 0 Å². The van der Waals surface area contributed by atoms with Crippen LogP contribution in [0.2, 0.25) is 0 Å².